The van der Waals surface area contributed by atoms with Crippen LogP contribution in [0.3, 0.4) is 0 Å². The second kappa shape index (κ2) is 4.18. The van der Waals surface area contributed by atoms with Gasteiger partial charge in [0, 0.05) is 17.1 Å². The van der Waals surface area contributed by atoms with Crippen LogP contribution in [0.1, 0.15) is 12.8 Å². The molecular weight excluding hydrogens is 266 g/mol. The molecule has 1 fully saturated rings. The zero-order valence-electron chi connectivity index (χ0n) is 8.99. The van der Waals surface area contributed by atoms with E-state index in [4.69, 9.17) is 0 Å². The summed E-state index contributed by atoms with van der Waals surface area (Å²) in [6, 6.07) is 6.75. The van der Waals surface area contributed by atoms with Gasteiger partial charge >= 0.3 is 0 Å². The van der Waals surface area contributed by atoms with Gasteiger partial charge in [0.2, 0.25) is 0 Å². The molecule has 1 aliphatic rings. The molecule has 4 heteroatoms. The fourth-order valence-electron chi connectivity index (χ4n) is 2.37. The van der Waals surface area contributed by atoms with E-state index < -0.39 is 0 Å². The van der Waals surface area contributed by atoms with E-state index in [-0.39, 0.29) is 0 Å². The van der Waals surface area contributed by atoms with Crippen molar-refractivity contribution >= 4 is 27.0 Å². The molecule has 0 aliphatic carbocycles. The Labute approximate surface area is 103 Å². The molecular formula is C12H14BrN3. The molecule has 1 unspecified atom stereocenters. The number of hydrogen-bond acceptors (Lipinski definition) is 2. The summed E-state index contributed by atoms with van der Waals surface area (Å²) in [5.74, 6) is 0. The van der Waals surface area contributed by atoms with Crippen LogP contribution in [0.25, 0.3) is 11.0 Å². The number of nitrogens with zero attached hydrogens (tertiary/aromatic N) is 2. The lowest BCUT2D eigenvalue weighted by atomic mass is 10.2. The molecule has 3 rings (SSSR count). The van der Waals surface area contributed by atoms with Crippen molar-refractivity contribution in [3.8, 4) is 0 Å². The molecule has 1 aromatic carbocycles. The summed E-state index contributed by atoms with van der Waals surface area (Å²) in [5.41, 5.74) is 2.27. The van der Waals surface area contributed by atoms with Gasteiger partial charge in [-0.3, -0.25) is 0 Å². The Bertz CT molecular complexity index is 500. The lowest BCUT2D eigenvalue weighted by molar-refractivity contribution is 0.517. The third-order valence-electron chi connectivity index (χ3n) is 3.17. The molecule has 3 nitrogen and oxygen atoms in total. The van der Waals surface area contributed by atoms with E-state index >= 15 is 0 Å². The van der Waals surface area contributed by atoms with Crippen molar-refractivity contribution in [2.45, 2.75) is 25.4 Å². The first-order valence-electron chi connectivity index (χ1n) is 5.67. The number of rotatable bonds is 2. The van der Waals surface area contributed by atoms with Crippen LogP contribution in [0.5, 0.6) is 0 Å². The van der Waals surface area contributed by atoms with Crippen molar-refractivity contribution in [1.82, 2.24) is 14.9 Å². The van der Waals surface area contributed by atoms with Gasteiger partial charge in [-0.15, -0.1) is 0 Å². The lowest BCUT2D eigenvalue weighted by Gasteiger charge is -2.12. The molecule has 0 bridgehead atoms. The number of halogens is 1. The topological polar surface area (TPSA) is 29.9 Å². The Morgan fingerprint density at radius 3 is 3.25 bits per heavy atom. The first-order chi connectivity index (χ1) is 7.84. The summed E-state index contributed by atoms with van der Waals surface area (Å²) in [5, 5.41) is 3.52. The van der Waals surface area contributed by atoms with Crippen LogP contribution in [0, 0.1) is 0 Å². The van der Waals surface area contributed by atoms with E-state index in [1.807, 2.05) is 12.4 Å². The second-order valence-corrected chi connectivity index (χ2v) is 5.15. The zero-order chi connectivity index (χ0) is 11.0. The maximum Gasteiger partial charge on any atom is 0.0959 e. The van der Waals surface area contributed by atoms with Gasteiger partial charge in [0.05, 0.1) is 17.4 Å². The molecule has 1 aliphatic heterocycles. The van der Waals surface area contributed by atoms with E-state index in [9.17, 15) is 0 Å². The first kappa shape index (κ1) is 10.3. The third-order valence-corrected chi connectivity index (χ3v) is 3.81. The second-order valence-electron chi connectivity index (χ2n) is 4.30. The monoisotopic (exact) mass is 279 g/mol. The minimum atomic E-state index is 0.601. The minimum Gasteiger partial charge on any atom is -0.328 e. The van der Waals surface area contributed by atoms with Crippen molar-refractivity contribution in [1.29, 1.82) is 0 Å². The molecule has 84 valence electrons. The van der Waals surface area contributed by atoms with Crippen molar-refractivity contribution in [2.24, 2.45) is 0 Å². The number of imidazole rings is 1. The molecule has 0 spiro atoms. The Kier molecular flexibility index (Phi) is 2.69. The first-order valence-corrected chi connectivity index (χ1v) is 6.46. The Morgan fingerprint density at radius 1 is 1.50 bits per heavy atom. The fourth-order valence-corrected chi connectivity index (χ4v) is 2.95. The number of nitrogens with one attached hydrogen (secondary N) is 1. The molecule has 1 N–H and O–H groups in total. The summed E-state index contributed by atoms with van der Waals surface area (Å²) in [6.07, 6.45) is 4.50. The highest BCUT2D eigenvalue weighted by Crippen LogP contribution is 2.23. The largest absolute Gasteiger partial charge is 0.328 e. The number of hydrogen-bond donors (Lipinski definition) is 1. The van der Waals surface area contributed by atoms with Gasteiger partial charge in [-0.1, -0.05) is 6.07 Å². The highest BCUT2D eigenvalue weighted by Gasteiger charge is 2.16. The zero-order valence-corrected chi connectivity index (χ0v) is 10.6. The highest BCUT2D eigenvalue weighted by atomic mass is 79.9. The number of benzene rings is 1. The Balaban J connectivity index is 1.97. The quantitative estimate of drug-likeness (QED) is 0.916. The predicted octanol–water partition coefficient (Wildman–Crippen LogP) is 2.55. The van der Waals surface area contributed by atoms with Gasteiger partial charge in [-0.25, -0.2) is 4.98 Å². The molecule has 1 saturated heterocycles. The molecule has 1 aromatic heterocycles. The van der Waals surface area contributed by atoms with Gasteiger partial charge in [0.25, 0.3) is 0 Å². The molecule has 0 radical (unpaired) electrons. The summed E-state index contributed by atoms with van der Waals surface area (Å²) in [4.78, 5) is 4.43. The summed E-state index contributed by atoms with van der Waals surface area (Å²) < 4.78 is 3.36. The van der Waals surface area contributed by atoms with Gasteiger partial charge < -0.3 is 9.88 Å². The van der Waals surface area contributed by atoms with Crippen molar-refractivity contribution < 1.29 is 0 Å². The fraction of sp³-hybridized carbons (Fsp3) is 0.417. The summed E-state index contributed by atoms with van der Waals surface area (Å²) >= 11 is 3.60. The van der Waals surface area contributed by atoms with Gasteiger partial charge in [0.15, 0.2) is 0 Å². The SMILES string of the molecule is Brc1cccc2ncn(CC3CCCN3)c12. The van der Waals surface area contributed by atoms with Crippen molar-refractivity contribution in [3.05, 3.63) is 29.0 Å². The van der Waals surface area contributed by atoms with E-state index in [1.54, 1.807) is 0 Å². The van der Waals surface area contributed by atoms with E-state index in [1.165, 1.54) is 18.4 Å². The molecule has 2 aromatic rings. The number of fused-ring (bicyclic) bond motifs is 1. The van der Waals surface area contributed by atoms with Crippen LogP contribution >= 0.6 is 15.9 Å². The van der Waals surface area contributed by atoms with Crippen molar-refractivity contribution in [3.63, 3.8) is 0 Å². The Hall–Kier alpha value is -0.870. The maximum atomic E-state index is 4.43. The Morgan fingerprint density at radius 2 is 2.44 bits per heavy atom. The van der Waals surface area contributed by atoms with E-state index in [0.29, 0.717) is 6.04 Å². The van der Waals surface area contributed by atoms with Crippen LogP contribution in [0.15, 0.2) is 29.0 Å². The molecule has 0 saturated carbocycles. The van der Waals surface area contributed by atoms with Crippen molar-refractivity contribution in [2.75, 3.05) is 6.54 Å². The van der Waals surface area contributed by atoms with E-state index in [2.05, 4.69) is 42.9 Å². The van der Waals surface area contributed by atoms with Crippen LogP contribution in [-0.4, -0.2) is 22.1 Å². The molecule has 0 amide bonds. The average Bonchev–Trinajstić information content (AvgIpc) is 2.90. The standard InChI is InChI=1S/C12H14BrN3/c13-10-4-1-5-11-12(10)16(8-15-11)7-9-3-2-6-14-9/h1,4-5,8-9,14H,2-3,6-7H2. The third kappa shape index (κ3) is 1.76. The number of aromatic nitrogens is 2. The highest BCUT2D eigenvalue weighted by molar-refractivity contribution is 9.10. The maximum absolute atomic E-state index is 4.43. The lowest BCUT2D eigenvalue weighted by Crippen LogP contribution is -2.26. The summed E-state index contributed by atoms with van der Waals surface area (Å²) in [7, 11) is 0. The average molecular weight is 280 g/mol. The van der Waals surface area contributed by atoms with Crippen LogP contribution < -0.4 is 5.32 Å². The smallest absolute Gasteiger partial charge is 0.0959 e. The minimum absolute atomic E-state index is 0.601. The molecule has 1 atom stereocenters. The predicted molar refractivity (Wildman–Crippen MR) is 68.5 cm³/mol. The molecule has 2 heterocycles. The molecule has 16 heavy (non-hydrogen) atoms. The van der Waals surface area contributed by atoms with Gasteiger partial charge in [-0.05, 0) is 47.4 Å². The van der Waals surface area contributed by atoms with Crippen LogP contribution in [0.2, 0.25) is 0 Å². The van der Waals surface area contributed by atoms with E-state index in [0.717, 1.165) is 23.1 Å². The summed E-state index contributed by atoms with van der Waals surface area (Å²) in [6.45, 7) is 2.16. The van der Waals surface area contributed by atoms with Gasteiger partial charge in [0.1, 0.15) is 0 Å². The number of para-hydroxylation sites is 1. The van der Waals surface area contributed by atoms with Crippen LogP contribution in [0.4, 0.5) is 0 Å². The van der Waals surface area contributed by atoms with Gasteiger partial charge in [-0.2, -0.15) is 0 Å². The normalized spacial score (nSPS) is 20.7. The van der Waals surface area contributed by atoms with Crippen LogP contribution in [-0.2, 0) is 6.54 Å².